The number of benzene rings is 3. The van der Waals surface area contributed by atoms with Crippen LogP contribution in [0, 0.1) is 6.92 Å². The Hall–Kier alpha value is -3.56. The molecule has 0 bridgehead atoms. The zero-order valence-electron chi connectivity index (χ0n) is 23.4. The molecule has 0 aliphatic rings. The Bertz CT molecular complexity index is 1410. The topological polar surface area (TPSA) is 96.0 Å². The molecule has 0 aromatic heterocycles. The first-order chi connectivity index (χ1) is 18.9. The SMILES string of the molecule is CCOc1ccccc1N(CC(=O)N(Cc1ccc(C)cc1)[C@H](C)C(=O)NC(C)C)S(=O)(=O)c1ccc(Cl)cc1. The molecule has 214 valence electrons. The van der Waals surface area contributed by atoms with Gasteiger partial charge in [0, 0.05) is 17.6 Å². The molecule has 0 radical (unpaired) electrons. The van der Waals surface area contributed by atoms with Crippen molar-refractivity contribution in [3.05, 3.63) is 88.9 Å². The van der Waals surface area contributed by atoms with Gasteiger partial charge in [0.25, 0.3) is 10.0 Å². The molecule has 1 atom stereocenters. The van der Waals surface area contributed by atoms with Crippen LogP contribution in [0.3, 0.4) is 0 Å². The molecule has 0 aliphatic heterocycles. The number of anilines is 1. The van der Waals surface area contributed by atoms with E-state index in [9.17, 15) is 18.0 Å². The number of hydrogen-bond donors (Lipinski definition) is 1. The Balaban J connectivity index is 2.08. The number of carbonyl (C=O) groups excluding carboxylic acids is 2. The first kappa shape index (κ1) is 31.0. The van der Waals surface area contributed by atoms with Crippen molar-refractivity contribution in [1.29, 1.82) is 0 Å². The summed E-state index contributed by atoms with van der Waals surface area (Å²) in [4.78, 5) is 28.4. The molecular formula is C30H36ClN3O5S. The molecule has 10 heteroatoms. The highest BCUT2D eigenvalue weighted by molar-refractivity contribution is 7.92. The number of halogens is 1. The lowest BCUT2D eigenvalue weighted by atomic mass is 10.1. The highest BCUT2D eigenvalue weighted by atomic mass is 35.5. The second-order valence-corrected chi connectivity index (χ2v) is 12.0. The number of nitrogens with zero attached hydrogens (tertiary/aromatic N) is 2. The quantitative estimate of drug-likeness (QED) is 0.316. The largest absolute Gasteiger partial charge is 0.492 e. The van der Waals surface area contributed by atoms with Crippen LogP contribution in [-0.2, 0) is 26.2 Å². The Labute approximate surface area is 241 Å². The van der Waals surface area contributed by atoms with E-state index in [2.05, 4.69) is 5.32 Å². The summed E-state index contributed by atoms with van der Waals surface area (Å²) in [5.74, 6) is -0.570. The van der Waals surface area contributed by atoms with Crippen LogP contribution in [0.4, 0.5) is 5.69 Å². The molecule has 0 fully saturated rings. The Morgan fingerprint density at radius 3 is 2.17 bits per heavy atom. The van der Waals surface area contributed by atoms with E-state index in [0.29, 0.717) is 17.4 Å². The van der Waals surface area contributed by atoms with Crippen molar-refractivity contribution < 1.29 is 22.7 Å². The predicted octanol–water partition coefficient (Wildman–Crippen LogP) is 5.18. The normalized spacial score (nSPS) is 12.1. The van der Waals surface area contributed by atoms with Crippen LogP contribution >= 0.6 is 11.6 Å². The molecule has 1 N–H and O–H groups in total. The minimum Gasteiger partial charge on any atom is -0.492 e. The molecule has 3 aromatic rings. The van der Waals surface area contributed by atoms with Gasteiger partial charge in [-0.05, 0) is 76.6 Å². The summed E-state index contributed by atoms with van der Waals surface area (Å²) in [6.45, 7) is 8.92. The number of amides is 2. The van der Waals surface area contributed by atoms with E-state index in [4.69, 9.17) is 16.3 Å². The van der Waals surface area contributed by atoms with Crippen molar-refractivity contribution in [3.8, 4) is 5.75 Å². The first-order valence-corrected chi connectivity index (χ1v) is 14.9. The highest BCUT2D eigenvalue weighted by Crippen LogP contribution is 2.33. The fraction of sp³-hybridized carbons (Fsp3) is 0.333. The van der Waals surface area contributed by atoms with Crippen molar-refractivity contribution in [1.82, 2.24) is 10.2 Å². The van der Waals surface area contributed by atoms with E-state index in [1.165, 1.54) is 29.2 Å². The zero-order valence-corrected chi connectivity index (χ0v) is 25.0. The maximum absolute atomic E-state index is 14.0. The third kappa shape index (κ3) is 7.76. The van der Waals surface area contributed by atoms with Crippen molar-refractivity contribution in [3.63, 3.8) is 0 Å². The van der Waals surface area contributed by atoms with Crippen LogP contribution in [-0.4, -0.2) is 50.4 Å². The van der Waals surface area contributed by atoms with Crippen LogP contribution in [0.1, 0.15) is 38.8 Å². The third-order valence-electron chi connectivity index (χ3n) is 6.19. The summed E-state index contributed by atoms with van der Waals surface area (Å²) in [7, 11) is -4.24. The van der Waals surface area contributed by atoms with Gasteiger partial charge in [0.2, 0.25) is 11.8 Å². The molecule has 0 heterocycles. The maximum atomic E-state index is 14.0. The number of sulfonamides is 1. The summed E-state index contributed by atoms with van der Waals surface area (Å²) in [6, 6.07) is 19.0. The summed E-state index contributed by atoms with van der Waals surface area (Å²) in [6.07, 6.45) is 0. The summed E-state index contributed by atoms with van der Waals surface area (Å²) in [5, 5.41) is 3.23. The van der Waals surface area contributed by atoms with Gasteiger partial charge in [0.15, 0.2) is 0 Å². The Morgan fingerprint density at radius 1 is 0.950 bits per heavy atom. The summed E-state index contributed by atoms with van der Waals surface area (Å²) < 4.78 is 34.7. The van der Waals surface area contributed by atoms with Gasteiger partial charge < -0.3 is 15.0 Å². The third-order valence-corrected chi connectivity index (χ3v) is 8.21. The molecule has 3 aromatic carbocycles. The number of ether oxygens (including phenoxy) is 1. The number of carbonyl (C=O) groups is 2. The monoisotopic (exact) mass is 585 g/mol. The van der Waals surface area contributed by atoms with E-state index in [1.54, 1.807) is 38.1 Å². The predicted molar refractivity (Wildman–Crippen MR) is 158 cm³/mol. The fourth-order valence-electron chi connectivity index (χ4n) is 4.07. The van der Waals surface area contributed by atoms with Crippen LogP contribution in [0.2, 0.25) is 5.02 Å². The summed E-state index contributed by atoms with van der Waals surface area (Å²) >= 11 is 6.01. The molecule has 0 saturated heterocycles. The van der Waals surface area contributed by atoms with Crippen molar-refractivity contribution in [2.75, 3.05) is 17.5 Å². The van der Waals surface area contributed by atoms with Crippen LogP contribution in [0.25, 0.3) is 0 Å². The minimum atomic E-state index is -4.24. The number of rotatable bonds is 12. The number of hydrogen-bond acceptors (Lipinski definition) is 5. The van der Waals surface area contributed by atoms with Gasteiger partial charge in [-0.1, -0.05) is 53.6 Å². The van der Waals surface area contributed by atoms with Gasteiger partial charge >= 0.3 is 0 Å². The molecule has 0 unspecified atom stereocenters. The maximum Gasteiger partial charge on any atom is 0.264 e. The van der Waals surface area contributed by atoms with Crippen LogP contribution < -0.4 is 14.4 Å². The lowest BCUT2D eigenvalue weighted by Crippen LogP contribution is -2.52. The molecule has 0 spiro atoms. The second-order valence-electron chi connectivity index (χ2n) is 9.71. The number of para-hydroxylation sites is 2. The van der Waals surface area contributed by atoms with E-state index in [-0.39, 0.29) is 29.1 Å². The van der Waals surface area contributed by atoms with Gasteiger partial charge in [0.05, 0.1) is 17.2 Å². The molecular weight excluding hydrogens is 550 g/mol. The Morgan fingerprint density at radius 2 is 1.57 bits per heavy atom. The van der Waals surface area contributed by atoms with Crippen LogP contribution in [0.15, 0.2) is 77.7 Å². The molecule has 3 rings (SSSR count). The lowest BCUT2D eigenvalue weighted by molar-refractivity contribution is -0.139. The van der Waals surface area contributed by atoms with Crippen molar-refractivity contribution >= 4 is 39.1 Å². The van der Waals surface area contributed by atoms with E-state index in [0.717, 1.165) is 15.4 Å². The molecule has 40 heavy (non-hydrogen) atoms. The highest BCUT2D eigenvalue weighted by Gasteiger charge is 2.34. The van der Waals surface area contributed by atoms with Crippen molar-refractivity contribution in [2.45, 2.75) is 58.1 Å². The molecule has 0 saturated carbocycles. The number of aryl methyl sites for hydroxylation is 1. The molecule has 8 nitrogen and oxygen atoms in total. The average molecular weight is 586 g/mol. The summed E-state index contributed by atoms with van der Waals surface area (Å²) in [5.41, 5.74) is 2.08. The average Bonchev–Trinajstić information content (AvgIpc) is 2.91. The van der Waals surface area contributed by atoms with E-state index >= 15 is 0 Å². The smallest absolute Gasteiger partial charge is 0.264 e. The van der Waals surface area contributed by atoms with Gasteiger partial charge in [0.1, 0.15) is 18.3 Å². The standard InChI is InChI=1S/C30H36ClN3O5S/c1-6-39-28-10-8-7-9-27(28)34(40(37,38)26-17-15-25(31)16-18-26)20-29(35)33(23(5)30(36)32-21(2)3)19-24-13-11-22(4)12-14-24/h7-18,21,23H,6,19-20H2,1-5H3,(H,32,36)/t23-/m1/s1. The molecule has 2 amide bonds. The fourth-order valence-corrected chi connectivity index (χ4v) is 5.62. The van der Waals surface area contributed by atoms with Gasteiger partial charge in [-0.15, -0.1) is 0 Å². The van der Waals surface area contributed by atoms with Gasteiger partial charge in [-0.3, -0.25) is 13.9 Å². The van der Waals surface area contributed by atoms with Crippen LogP contribution in [0.5, 0.6) is 5.75 Å². The van der Waals surface area contributed by atoms with Crippen molar-refractivity contribution in [2.24, 2.45) is 0 Å². The minimum absolute atomic E-state index is 0.0355. The Kier molecular flexibility index (Phi) is 10.6. The number of nitrogens with one attached hydrogen (secondary N) is 1. The zero-order chi connectivity index (χ0) is 29.4. The molecule has 0 aliphatic carbocycles. The first-order valence-electron chi connectivity index (χ1n) is 13.1. The van der Waals surface area contributed by atoms with E-state index < -0.39 is 28.5 Å². The second kappa shape index (κ2) is 13.7. The lowest BCUT2D eigenvalue weighted by Gasteiger charge is -2.32. The van der Waals surface area contributed by atoms with E-state index in [1.807, 2.05) is 45.0 Å². The van der Waals surface area contributed by atoms with Gasteiger partial charge in [-0.2, -0.15) is 0 Å². The van der Waals surface area contributed by atoms with Gasteiger partial charge in [-0.25, -0.2) is 8.42 Å².